The van der Waals surface area contributed by atoms with E-state index in [0.717, 1.165) is 0 Å². The molecule has 0 aliphatic rings. The van der Waals surface area contributed by atoms with Gasteiger partial charge in [-0.15, -0.1) is 0 Å². The molecule has 0 atom stereocenters. The predicted octanol–water partition coefficient (Wildman–Crippen LogP) is 2.04. The Morgan fingerprint density at radius 3 is 2.91 bits per heavy atom. The Morgan fingerprint density at radius 1 is 1.91 bits per heavy atom. The maximum atomic E-state index is 10.8. The van der Waals surface area contributed by atoms with Gasteiger partial charge in [-0.1, -0.05) is 0 Å². The number of carbonyl (C=O) groups excluding carboxylic acids is 1. The maximum absolute atomic E-state index is 10.8. The molecule has 3 nitrogen and oxygen atoms in total. The molecule has 0 aliphatic heterocycles. The van der Waals surface area contributed by atoms with Crippen molar-refractivity contribution in [2.45, 2.75) is 13.5 Å². The standard InChI is InChI=1S/C6H6BrClN2O/c1-2-10-5(6(8)11)4(7)3-9-10/h3H,2H2,1H3. The molecule has 0 N–H and O–H groups in total. The van der Waals surface area contributed by atoms with Gasteiger partial charge in [0.1, 0.15) is 5.69 Å². The molecular formula is C6H6BrClN2O. The summed E-state index contributed by atoms with van der Waals surface area (Å²) in [5.41, 5.74) is 0.411. The van der Waals surface area contributed by atoms with Gasteiger partial charge in [-0.25, -0.2) is 0 Å². The molecule has 0 radical (unpaired) electrons. The molecule has 0 unspecified atom stereocenters. The van der Waals surface area contributed by atoms with Gasteiger partial charge in [0, 0.05) is 6.54 Å². The van der Waals surface area contributed by atoms with E-state index in [1.807, 2.05) is 6.92 Å². The Hall–Kier alpha value is -0.350. The first kappa shape index (κ1) is 8.74. The molecule has 11 heavy (non-hydrogen) atoms. The van der Waals surface area contributed by atoms with Gasteiger partial charge in [-0.05, 0) is 34.5 Å². The number of hydrogen-bond acceptors (Lipinski definition) is 2. The number of halogens is 2. The van der Waals surface area contributed by atoms with E-state index in [-0.39, 0.29) is 0 Å². The lowest BCUT2D eigenvalue weighted by molar-refractivity contribution is 0.107. The van der Waals surface area contributed by atoms with Gasteiger partial charge in [-0.2, -0.15) is 5.10 Å². The molecule has 5 heteroatoms. The number of carbonyl (C=O) groups is 1. The molecule has 0 saturated heterocycles. The van der Waals surface area contributed by atoms with Crippen molar-refractivity contribution in [3.63, 3.8) is 0 Å². The molecule has 1 rings (SSSR count). The second kappa shape index (κ2) is 3.36. The van der Waals surface area contributed by atoms with Crippen molar-refractivity contribution in [3.05, 3.63) is 16.4 Å². The minimum Gasteiger partial charge on any atom is -0.274 e. The fourth-order valence-electron chi connectivity index (χ4n) is 0.798. The van der Waals surface area contributed by atoms with Crippen LogP contribution in [0.5, 0.6) is 0 Å². The lowest BCUT2D eigenvalue weighted by atomic mass is 10.4. The monoisotopic (exact) mass is 236 g/mol. The third-order valence-electron chi connectivity index (χ3n) is 1.28. The highest BCUT2D eigenvalue weighted by Gasteiger charge is 2.12. The Kier molecular flexibility index (Phi) is 2.67. The van der Waals surface area contributed by atoms with Gasteiger partial charge < -0.3 is 0 Å². The van der Waals surface area contributed by atoms with Crippen LogP contribution >= 0.6 is 27.5 Å². The van der Waals surface area contributed by atoms with Gasteiger partial charge in [-0.3, -0.25) is 9.48 Å². The molecule has 60 valence electrons. The van der Waals surface area contributed by atoms with Crippen LogP contribution in [-0.2, 0) is 6.54 Å². The van der Waals surface area contributed by atoms with E-state index >= 15 is 0 Å². The molecule has 0 spiro atoms. The second-order valence-electron chi connectivity index (χ2n) is 1.93. The first-order valence-electron chi connectivity index (χ1n) is 3.08. The summed E-state index contributed by atoms with van der Waals surface area (Å²) in [6.45, 7) is 2.53. The first-order valence-corrected chi connectivity index (χ1v) is 4.25. The third kappa shape index (κ3) is 1.62. The van der Waals surface area contributed by atoms with Crippen LogP contribution in [0.1, 0.15) is 17.4 Å². The van der Waals surface area contributed by atoms with Crippen LogP contribution in [0.15, 0.2) is 10.7 Å². The topological polar surface area (TPSA) is 34.9 Å². The van der Waals surface area contributed by atoms with Gasteiger partial charge in [0.05, 0.1) is 10.7 Å². The average Bonchev–Trinajstić information content (AvgIpc) is 2.30. The highest BCUT2D eigenvalue weighted by atomic mass is 79.9. The zero-order valence-corrected chi connectivity index (χ0v) is 8.18. The number of nitrogens with zero attached hydrogens (tertiary/aromatic N) is 2. The predicted molar refractivity (Wildman–Crippen MR) is 45.8 cm³/mol. The zero-order valence-electron chi connectivity index (χ0n) is 5.84. The smallest absolute Gasteiger partial charge is 0.271 e. The lowest BCUT2D eigenvalue weighted by Crippen LogP contribution is -2.05. The van der Waals surface area contributed by atoms with Crippen LogP contribution < -0.4 is 0 Å². The average molecular weight is 237 g/mol. The van der Waals surface area contributed by atoms with Crippen LogP contribution in [0.25, 0.3) is 0 Å². The second-order valence-corrected chi connectivity index (χ2v) is 3.13. The summed E-state index contributed by atoms with van der Waals surface area (Å²) in [4.78, 5) is 10.8. The minimum absolute atomic E-state index is 0.411. The van der Waals surface area contributed by atoms with Crippen LogP contribution in [0.3, 0.4) is 0 Å². The van der Waals surface area contributed by atoms with Gasteiger partial charge in [0.25, 0.3) is 5.24 Å². The quantitative estimate of drug-likeness (QED) is 0.738. The van der Waals surface area contributed by atoms with E-state index < -0.39 is 5.24 Å². The first-order chi connectivity index (χ1) is 5.16. The van der Waals surface area contributed by atoms with E-state index in [0.29, 0.717) is 16.7 Å². The summed E-state index contributed by atoms with van der Waals surface area (Å²) in [7, 11) is 0. The van der Waals surface area contributed by atoms with E-state index in [4.69, 9.17) is 11.6 Å². The fourth-order valence-corrected chi connectivity index (χ4v) is 1.59. The minimum atomic E-state index is -0.490. The Morgan fingerprint density at radius 2 is 2.55 bits per heavy atom. The van der Waals surface area contributed by atoms with Gasteiger partial charge in [0.2, 0.25) is 0 Å². The summed E-state index contributed by atoms with van der Waals surface area (Å²) in [6, 6.07) is 0. The van der Waals surface area contributed by atoms with Crippen molar-refractivity contribution >= 4 is 32.8 Å². The summed E-state index contributed by atoms with van der Waals surface area (Å²) >= 11 is 8.47. The Bertz CT molecular complexity index is 284. The van der Waals surface area contributed by atoms with E-state index in [1.165, 1.54) is 0 Å². The molecule has 1 heterocycles. The summed E-state index contributed by atoms with van der Waals surface area (Å²) in [5, 5.41) is 3.43. The molecule has 0 amide bonds. The van der Waals surface area contributed by atoms with Crippen molar-refractivity contribution in [2.75, 3.05) is 0 Å². The summed E-state index contributed by atoms with van der Waals surface area (Å²) < 4.78 is 2.18. The normalized spacial score (nSPS) is 10.1. The largest absolute Gasteiger partial charge is 0.274 e. The third-order valence-corrected chi connectivity index (χ3v) is 2.04. The van der Waals surface area contributed by atoms with Crippen LogP contribution in [-0.4, -0.2) is 15.0 Å². The molecule has 1 aromatic heterocycles. The summed E-state index contributed by atoms with van der Waals surface area (Å²) in [6.07, 6.45) is 1.55. The van der Waals surface area contributed by atoms with E-state index in [9.17, 15) is 4.79 Å². The van der Waals surface area contributed by atoms with Crippen molar-refractivity contribution < 1.29 is 4.79 Å². The van der Waals surface area contributed by atoms with Crippen LogP contribution in [0, 0.1) is 0 Å². The van der Waals surface area contributed by atoms with Crippen LogP contribution in [0.4, 0.5) is 0 Å². The van der Waals surface area contributed by atoms with Gasteiger partial charge >= 0.3 is 0 Å². The highest BCUT2D eigenvalue weighted by molar-refractivity contribution is 9.10. The molecule has 0 fully saturated rings. The highest BCUT2D eigenvalue weighted by Crippen LogP contribution is 2.17. The molecular weight excluding hydrogens is 231 g/mol. The number of rotatable bonds is 2. The maximum Gasteiger partial charge on any atom is 0.271 e. The number of aryl methyl sites for hydroxylation is 1. The van der Waals surface area contributed by atoms with Crippen molar-refractivity contribution in [3.8, 4) is 0 Å². The molecule has 1 aromatic rings. The summed E-state index contributed by atoms with van der Waals surface area (Å²) in [5.74, 6) is 0. The molecule has 0 aromatic carbocycles. The SMILES string of the molecule is CCn1ncc(Br)c1C(=O)Cl. The van der Waals surface area contributed by atoms with Crippen molar-refractivity contribution in [1.82, 2.24) is 9.78 Å². The van der Waals surface area contributed by atoms with Crippen molar-refractivity contribution in [1.29, 1.82) is 0 Å². The Balaban J connectivity index is 3.17. The number of hydrogen-bond donors (Lipinski definition) is 0. The lowest BCUT2D eigenvalue weighted by Gasteiger charge is -1.98. The van der Waals surface area contributed by atoms with Gasteiger partial charge in [0.15, 0.2) is 0 Å². The number of aromatic nitrogens is 2. The molecule has 0 bridgehead atoms. The van der Waals surface area contributed by atoms with E-state index in [1.54, 1.807) is 10.9 Å². The zero-order chi connectivity index (χ0) is 8.43. The fraction of sp³-hybridized carbons (Fsp3) is 0.333. The Labute approximate surface area is 77.5 Å². The van der Waals surface area contributed by atoms with Crippen LogP contribution in [0.2, 0.25) is 0 Å². The van der Waals surface area contributed by atoms with Crippen molar-refractivity contribution in [2.24, 2.45) is 0 Å². The molecule has 0 saturated carbocycles. The molecule has 0 aliphatic carbocycles. The van der Waals surface area contributed by atoms with E-state index in [2.05, 4.69) is 21.0 Å².